The molecule has 102 valence electrons. The SMILES string of the molecule is Cc1nc(C)c(C(NN)c2c(F)ccc(C)c2F)s1. The first-order valence-corrected chi connectivity index (χ1v) is 6.62. The van der Waals surface area contributed by atoms with Crippen molar-refractivity contribution in [1.82, 2.24) is 10.4 Å². The Kier molecular flexibility index (Phi) is 3.93. The van der Waals surface area contributed by atoms with Crippen LogP contribution < -0.4 is 11.3 Å². The fourth-order valence-electron chi connectivity index (χ4n) is 2.05. The van der Waals surface area contributed by atoms with Gasteiger partial charge in [-0.2, -0.15) is 0 Å². The summed E-state index contributed by atoms with van der Waals surface area (Å²) in [6.07, 6.45) is 0. The van der Waals surface area contributed by atoms with Crippen molar-refractivity contribution in [2.75, 3.05) is 0 Å². The first-order chi connectivity index (χ1) is 8.95. The number of rotatable bonds is 3. The number of hydrazine groups is 1. The predicted molar refractivity (Wildman–Crippen MR) is 71.8 cm³/mol. The van der Waals surface area contributed by atoms with E-state index < -0.39 is 17.7 Å². The van der Waals surface area contributed by atoms with Gasteiger partial charge in [0.1, 0.15) is 11.6 Å². The van der Waals surface area contributed by atoms with E-state index in [2.05, 4.69) is 10.4 Å². The second kappa shape index (κ2) is 5.32. The van der Waals surface area contributed by atoms with Crippen LogP contribution in [0.3, 0.4) is 0 Å². The lowest BCUT2D eigenvalue weighted by molar-refractivity contribution is 0.508. The Morgan fingerprint density at radius 1 is 1.26 bits per heavy atom. The molecule has 19 heavy (non-hydrogen) atoms. The smallest absolute Gasteiger partial charge is 0.134 e. The Morgan fingerprint density at radius 2 is 1.95 bits per heavy atom. The molecule has 1 atom stereocenters. The van der Waals surface area contributed by atoms with E-state index in [0.717, 1.165) is 15.6 Å². The minimum atomic E-state index is -0.730. The number of halogens is 2. The summed E-state index contributed by atoms with van der Waals surface area (Å²) in [5, 5.41) is 0.834. The summed E-state index contributed by atoms with van der Waals surface area (Å²) in [7, 11) is 0. The maximum absolute atomic E-state index is 14.2. The average Bonchev–Trinajstić information content (AvgIpc) is 2.69. The highest BCUT2D eigenvalue weighted by Crippen LogP contribution is 2.33. The lowest BCUT2D eigenvalue weighted by Gasteiger charge is -2.18. The number of aryl methyl sites for hydroxylation is 3. The van der Waals surface area contributed by atoms with Crippen molar-refractivity contribution in [2.45, 2.75) is 26.8 Å². The van der Waals surface area contributed by atoms with Gasteiger partial charge in [0.05, 0.1) is 21.6 Å². The Morgan fingerprint density at radius 3 is 2.47 bits per heavy atom. The molecule has 2 aromatic rings. The molecule has 3 N–H and O–H groups in total. The number of benzene rings is 1. The number of aromatic nitrogens is 1. The lowest BCUT2D eigenvalue weighted by Crippen LogP contribution is -2.30. The van der Waals surface area contributed by atoms with Crippen LogP contribution >= 0.6 is 11.3 Å². The van der Waals surface area contributed by atoms with Gasteiger partial charge in [0.2, 0.25) is 0 Å². The van der Waals surface area contributed by atoms with E-state index in [9.17, 15) is 8.78 Å². The van der Waals surface area contributed by atoms with Crippen LogP contribution in [0.5, 0.6) is 0 Å². The molecule has 6 heteroatoms. The molecule has 0 radical (unpaired) electrons. The molecule has 1 heterocycles. The molecule has 0 amide bonds. The summed E-state index contributed by atoms with van der Waals surface area (Å²) in [6, 6.07) is 1.93. The Hall–Kier alpha value is -1.37. The summed E-state index contributed by atoms with van der Waals surface area (Å²) in [5.74, 6) is 4.31. The van der Waals surface area contributed by atoms with Crippen LogP contribution in [0.25, 0.3) is 0 Å². The van der Waals surface area contributed by atoms with Crippen molar-refractivity contribution < 1.29 is 8.78 Å². The molecular weight excluding hydrogens is 268 g/mol. The van der Waals surface area contributed by atoms with Crippen LogP contribution in [0, 0.1) is 32.4 Å². The van der Waals surface area contributed by atoms with Crippen molar-refractivity contribution in [3.8, 4) is 0 Å². The number of hydrogen-bond acceptors (Lipinski definition) is 4. The van der Waals surface area contributed by atoms with Gasteiger partial charge in [-0.25, -0.2) is 19.2 Å². The highest BCUT2D eigenvalue weighted by atomic mass is 32.1. The summed E-state index contributed by atoms with van der Waals surface area (Å²) < 4.78 is 28.1. The standard InChI is InChI=1S/C13H15F2N3S/c1-6-4-5-9(14)10(11(6)15)12(18-16)13-7(2)17-8(3)19-13/h4-5,12,18H,16H2,1-3H3. The predicted octanol–water partition coefficient (Wildman–Crippen LogP) is 2.90. The molecule has 1 aromatic carbocycles. The molecule has 2 rings (SSSR count). The van der Waals surface area contributed by atoms with E-state index in [4.69, 9.17) is 5.84 Å². The zero-order valence-electron chi connectivity index (χ0n) is 10.9. The fourth-order valence-corrected chi connectivity index (χ4v) is 3.05. The van der Waals surface area contributed by atoms with Gasteiger partial charge >= 0.3 is 0 Å². The minimum absolute atomic E-state index is 0.0609. The number of nitrogens with zero attached hydrogens (tertiary/aromatic N) is 1. The Labute approximate surface area is 114 Å². The first-order valence-electron chi connectivity index (χ1n) is 5.80. The molecule has 0 saturated heterocycles. The van der Waals surface area contributed by atoms with Crippen LogP contribution in [0.15, 0.2) is 12.1 Å². The molecule has 0 aliphatic heterocycles. The zero-order valence-corrected chi connectivity index (χ0v) is 11.7. The summed E-state index contributed by atoms with van der Waals surface area (Å²) >= 11 is 1.38. The molecule has 0 saturated carbocycles. The maximum atomic E-state index is 14.2. The van der Waals surface area contributed by atoms with Crippen molar-refractivity contribution in [1.29, 1.82) is 0 Å². The zero-order chi connectivity index (χ0) is 14.2. The third-order valence-corrected chi connectivity index (χ3v) is 4.11. The summed E-state index contributed by atoms with van der Waals surface area (Å²) in [6.45, 7) is 5.24. The second-order valence-electron chi connectivity index (χ2n) is 4.37. The van der Waals surface area contributed by atoms with Crippen LogP contribution in [0.1, 0.15) is 32.7 Å². The van der Waals surface area contributed by atoms with E-state index in [1.807, 2.05) is 6.92 Å². The van der Waals surface area contributed by atoms with Crippen molar-refractivity contribution in [3.05, 3.63) is 50.5 Å². The van der Waals surface area contributed by atoms with Crippen molar-refractivity contribution in [2.24, 2.45) is 5.84 Å². The van der Waals surface area contributed by atoms with Crippen LogP contribution in [-0.2, 0) is 0 Å². The Balaban J connectivity index is 2.61. The maximum Gasteiger partial charge on any atom is 0.134 e. The molecule has 0 aliphatic carbocycles. The normalized spacial score (nSPS) is 12.7. The molecule has 1 aromatic heterocycles. The molecule has 0 spiro atoms. The van der Waals surface area contributed by atoms with Gasteiger partial charge < -0.3 is 0 Å². The second-order valence-corrected chi connectivity index (χ2v) is 5.61. The number of hydrogen-bond donors (Lipinski definition) is 2. The molecule has 0 bridgehead atoms. The quantitative estimate of drug-likeness (QED) is 0.672. The van der Waals surface area contributed by atoms with Crippen molar-refractivity contribution in [3.63, 3.8) is 0 Å². The van der Waals surface area contributed by atoms with Gasteiger partial charge in [0.15, 0.2) is 0 Å². The topological polar surface area (TPSA) is 50.9 Å². The van der Waals surface area contributed by atoms with E-state index in [-0.39, 0.29) is 5.56 Å². The average molecular weight is 283 g/mol. The lowest BCUT2D eigenvalue weighted by atomic mass is 10.0. The number of nitrogens with two attached hydrogens (primary N) is 1. The van der Waals surface area contributed by atoms with Gasteiger partial charge in [-0.1, -0.05) is 6.07 Å². The molecule has 3 nitrogen and oxygen atoms in total. The van der Waals surface area contributed by atoms with Crippen LogP contribution in [0.2, 0.25) is 0 Å². The highest BCUT2D eigenvalue weighted by molar-refractivity contribution is 7.11. The number of nitrogens with one attached hydrogen (secondary N) is 1. The van der Waals surface area contributed by atoms with Crippen molar-refractivity contribution >= 4 is 11.3 Å². The third-order valence-electron chi connectivity index (χ3n) is 2.98. The van der Waals surface area contributed by atoms with E-state index in [1.54, 1.807) is 13.8 Å². The van der Waals surface area contributed by atoms with Gasteiger partial charge in [-0.15, -0.1) is 11.3 Å². The van der Waals surface area contributed by atoms with E-state index in [1.165, 1.54) is 23.5 Å². The minimum Gasteiger partial charge on any atom is -0.271 e. The van der Waals surface area contributed by atoms with E-state index in [0.29, 0.717) is 5.56 Å². The monoisotopic (exact) mass is 283 g/mol. The first kappa shape index (κ1) is 14.0. The largest absolute Gasteiger partial charge is 0.271 e. The fraction of sp³-hybridized carbons (Fsp3) is 0.308. The van der Waals surface area contributed by atoms with Crippen LogP contribution in [0.4, 0.5) is 8.78 Å². The molecule has 1 unspecified atom stereocenters. The van der Waals surface area contributed by atoms with E-state index >= 15 is 0 Å². The molecule has 0 fully saturated rings. The van der Waals surface area contributed by atoms with Gasteiger partial charge in [-0.3, -0.25) is 5.84 Å². The van der Waals surface area contributed by atoms with Gasteiger partial charge in [0, 0.05) is 5.56 Å². The highest BCUT2D eigenvalue weighted by Gasteiger charge is 2.25. The van der Waals surface area contributed by atoms with Gasteiger partial charge in [-0.05, 0) is 32.4 Å². The summed E-state index contributed by atoms with van der Waals surface area (Å²) in [4.78, 5) is 4.99. The summed E-state index contributed by atoms with van der Waals surface area (Å²) in [5.41, 5.74) is 3.54. The van der Waals surface area contributed by atoms with Gasteiger partial charge in [0.25, 0.3) is 0 Å². The molecular formula is C13H15F2N3S. The van der Waals surface area contributed by atoms with Crippen LogP contribution in [-0.4, -0.2) is 4.98 Å². The Bertz CT molecular complexity index is 610. The number of thiazole rings is 1. The third kappa shape index (κ3) is 2.51. The molecule has 0 aliphatic rings.